The van der Waals surface area contributed by atoms with Crippen LogP contribution in [0, 0.1) is 6.92 Å². The molecule has 124 valence electrons. The number of rotatable bonds is 8. The lowest BCUT2D eigenvalue weighted by Gasteiger charge is -2.08. The van der Waals surface area contributed by atoms with Crippen LogP contribution in [0.15, 0.2) is 57.9 Å². The van der Waals surface area contributed by atoms with Crippen LogP contribution in [-0.4, -0.2) is 21.6 Å². The lowest BCUT2D eigenvalue weighted by molar-refractivity contribution is 0.107. The van der Waals surface area contributed by atoms with Crippen LogP contribution in [-0.2, 0) is 25.6 Å². The lowest BCUT2D eigenvalue weighted by Crippen LogP contribution is -2.09. The van der Waals surface area contributed by atoms with E-state index in [0.29, 0.717) is 19.6 Å². The molecule has 2 aromatic rings. The number of ether oxygens (including phenoxy) is 1. The van der Waals surface area contributed by atoms with Gasteiger partial charge in [0, 0.05) is 11.1 Å². The average Bonchev–Trinajstić information content (AvgIpc) is 2.52. The Morgan fingerprint density at radius 1 is 1.00 bits per heavy atom. The third-order valence-corrected chi connectivity index (χ3v) is 5.30. The molecule has 2 rings (SSSR count). The van der Waals surface area contributed by atoms with Gasteiger partial charge in [0.05, 0.1) is 18.1 Å². The zero-order chi connectivity index (χ0) is 16.7. The predicted octanol–water partition coefficient (Wildman–Crippen LogP) is 4.07. The Hall–Kier alpha value is -1.21. The third kappa shape index (κ3) is 5.73. The first kappa shape index (κ1) is 18.1. The summed E-state index contributed by atoms with van der Waals surface area (Å²) in [6.45, 7) is 2.92. The van der Waals surface area contributed by atoms with Gasteiger partial charge in [-0.3, -0.25) is 4.18 Å². The number of hydrogen-bond acceptors (Lipinski definition) is 4. The van der Waals surface area contributed by atoms with Gasteiger partial charge in [-0.05, 0) is 37.1 Å². The van der Waals surface area contributed by atoms with E-state index in [1.165, 1.54) is 0 Å². The van der Waals surface area contributed by atoms with Gasteiger partial charge in [0.15, 0.2) is 0 Å². The predicted molar refractivity (Wildman–Crippen MR) is 92.7 cm³/mol. The molecule has 0 unspecified atom stereocenters. The summed E-state index contributed by atoms with van der Waals surface area (Å²) in [7, 11) is -3.69. The Kier molecular flexibility index (Phi) is 6.77. The summed E-state index contributed by atoms with van der Waals surface area (Å²) in [5.41, 5.74) is 2.06. The van der Waals surface area contributed by atoms with E-state index < -0.39 is 10.1 Å². The lowest BCUT2D eigenvalue weighted by atomic mass is 10.2. The van der Waals surface area contributed by atoms with Crippen molar-refractivity contribution in [2.24, 2.45) is 0 Å². The molecule has 0 heterocycles. The molecule has 4 nitrogen and oxygen atoms in total. The summed E-state index contributed by atoms with van der Waals surface area (Å²) >= 11 is 3.45. The van der Waals surface area contributed by atoms with E-state index >= 15 is 0 Å². The topological polar surface area (TPSA) is 52.6 Å². The number of hydrogen-bond donors (Lipinski definition) is 0. The molecule has 0 N–H and O–H groups in total. The minimum Gasteiger partial charge on any atom is -0.377 e. The molecule has 0 aliphatic rings. The molecule has 0 atom stereocenters. The molecule has 0 aliphatic heterocycles. The first-order valence-corrected chi connectivity index (χ1v) is 9.46. The van der Waals surface area contributed by atoms with E-state index in [4.69, 9.17) is 8.92 Å². The van der Waals surface area contributed by atoms with E-state index in [0.717, 1.165) is 15.6 Å². The molecule has 23 heavy (non-hydrogen) atoms. The average molecular weight is 399 g/mol. The molecule has 0 aromatic heterocycles. The fourth-order valence-electron chi connectivity index (χ4n) is 1.90. The summed E-state index contributed by atoms with van der Waals surface area (Å²) in [5, 5.41) is 0. The highest BCUT2D eigenvalue weighted by atomic mass is 79.9. The van der Waals surface area contributed by atoms with Gasteiger partial charge in [0.25, 0.3) is 10.1 Å². The molecule has 0 fully saturated rings. The highest BCUT2D eigenvalue weighted by Crippen LogP contribution is 2.17. The van der Waals surface area contributed by atoms with Crippen LogP contribution in [0.25, 0.3) is 0 Å². The Balaban J connectivity index is 1.71. The molecule has 0 amide bonds. The molecular formula is C17H19BrO4S. The molecule has 6 heteroatoms. The van der Waals surface area contributed by atoms with Crippen LogP contribution in [0.1, 0.15) is 17.5 Å². The second kappa shape index (κ2) is 8.59. The SMILES string of the molecule is Cc1ccc(S(=O)(=O)OCCCOCc2ccccc2Br)cc1. The Bertz CT molecular complexity index is 727. The van der Waals surface area contributed by atoms with Crippen LogP contribution < -0.4 is 0 Å². The van der Waals surface area contributed by atoms with E-state index in [2.05, 4.69) is 15.9 Å². The zero-order valence-corrected chi connectivity index (χ0v) is 15.3. The van der Waals surface area contributed by atoms with Crippen molar-refractivity contribution in [3.05, 3.63) is 64.1 Å². The van der Waals surface area contributed by atoms with Crippen molar-refractivity contribution in [3.63, 3.8) is 0 Å². The van der Waals surface area contributed by atoms with Gasteiger partial charge in [0.2, 0.25) is 0 Å². The van der Waals surface area contributed by atoms with Crippen molar-refractivity contribution < 1.29 is 17.3 Å². The van der Waals surface area contributed by atoms with Crippen molar-refractivity contribution in [1.82, 2.24) is 0 Å². The minimum absolute atomic E-state index is 0.103. The number of benzene rings is 2. The van der Waals surface area contributed by atoms with Gasteiger partial charge in [-0.15, -0.1) is 0 Å². The van der Waals surface area contributed by atoms with Crippen LogP contribution in [0.4, 0.5) is 0 Å². The van der Waals surface area contributed by atoms with Gasteiger partial charge in [-0.2, -0.15) is 8.42 Å². The van der Waals surface area contributed by atoms with E-state index in [1.807, 2.05) is 31.2 Å². The molecule has 0 spiro atoms. The summed E-state index contributed by atoms with van der Waals surface area (Å²) in [6, 6.07) is 14.4. The van der Waals surface area contributed by atoms with Crippen LogP contribution >= 0.6 is 15.9 Å². The van der Waals surface area contributed by atoms with Gasteiger partial charge in [0.1, 0.15) is 0 Å². The molecule has 0 saturated heterocycles. The van der Waals surface area contributed by atoms with Crippen LogP contribution in [0.3, 0.4) is 0 Å². The van der Waals surface area contributed by atoms with Crippen molar-refractivity contribution in [2.75, 3.05) is 13.2 Å². The highest BCUT2D eigenvalue weighted by molar-refractivity contribution is 9.10. The maximum Gasteiger partial charge on any atom is 0.296 e. The minimum atomic E-state index is -3.69. The number of aryl methyl sites for hydroxylation is 1. The Morgan fingerprint density at radius 2 is 1.70 bits per heavy atom. The summed E-state index contributed by atoms with van der Waals surface area (Å²) in [5.74, 6) is 0. The van der Waals surface area contributed by atoms with E-state index in [-0.39, 0.29) is 11.5 Å². The molecule has 0 aliphatic carbocycles. The zero-order valence-electron chi connectivity index (χ0n) is 12.9. The van der Waals surface area contributed by atoms with Gasteiger partial charge in [-0.1, -0.05) is 51.8 Å². The van der Waals surface area contributed by atoms with Crippen molar-refractivity contribution in [2.45, 2.75) is 24.8 Å². The van der Waals surface area contributed by atoms with Gasteiger partial charge >= 0.3 is 0 Å². The fraction of sp³-hybridized carbons (Fsp3) is 0.294. The molecule has 2 aromatic carbocycles. The second-order valence-electron chi connectivity index (χ2n) is 5.09. The number of halogens is 1. The maximum atomic E-state index is 12.0. The summed E-state index contributed by atoms with van der Waals surface area (Å²) in [4.78, 5) is 0.178. The van der Waals surface area contributed by atoms with Crippen molar-refractivity contribution in [1.29, 1.82) is 0 Å². The first-order valence-electron chi connectivity index (χ1n) is 7.26. The van der Waals surface area contributed by atoms with Crippen LogP contribution in [0.2, 0.25) is 0 Å². The second-order valence-corrected chi connectivity index (χ2v) is 7.56. The third-order valence-electron chi connectivity index (χ3n) is 3.20. The molecular weight excluding hydrogens is 380 g/mol. The molecule has 0 saturated carbocycles. The maximum absolute atomic E-state index is 12.0. The molecule has 0 radical (unpaired) electrons. The molecule has 0 bridgehead atoms. The largest absolute Gasteiger partial charge is 0.377 e. The smallest absolute Gasteiger partial charge is 0.296 e. The standard InChI is InChI=1S/C17H19BrO4S/c1-14-7-9-16(10-8-14)23(19,20)22-12-4-11-21-13-15-5-2-3-6-17(15)18/h2-3,5-10H,4,11-13H2,1H3. The Morgan fingerprint density at radius 3 is 2.39 bits per heavy atom. The fourth-order valence-corrected chi connectivity index (χ4v) is 3.24. The quantitative estimate of drug-likeness (QED) is 0.496. The first-order chi connectivity index (χ1) is 11.0. The summed E-state index contributed by atoms with van der Waals surface area (Å²) in [6.07, 6.45) is 0.509. The monoisotopic (exact) mass is 398 g/mol. The summed E-state index contributed by atoms with van der Waals surface area (Å²) < 4.78 is 35.5. The van der Waals surface area contributed by atoms with E-state index in [9.17, 15) is 8.42 Å². The van der Waals surface area contributed by atoms with E-state index in [1.54, 1.807) is 24.3 Å². The normalized spacial score (nSPS) is 11.6. The Labute approximate surface area is 145 Å². The van der Waals surface area contributed by atoms with Crippen LogP contribution in [0.5, 0.6) is 0 Å². The van der Waals surface area contributed by atoms with Gasteiger partial charge < -0.3 is 4.74 Å². The van der Waals surface area contributed by atoms with Crippen molar-refractivity contribution in [3.8, 4) is 0 Å². The highest BCUT2D eigenvalue weighted by Gasteiger charge is 2.14. The van der Waals surface area contributed by atoms with Gasteiger partial charge in [-0.25, -0.2) is 0 Å². The van der Waals surface area contributed by atoms with Crippen molar-refractivity contribution >= 4 is 26.0 Å².